The van der Waals surface area contributed by atoms with E-state index in [0.717, 1.165) is 0 Å². The van der Waals surface area contributed by atoms with Crippen LogP contribution in [-0.4, -0.2) is 23.5 Å². The Morgan fingerprint density at radius 3 is 2.10 bits per heavy atom. The van der Waals surface area contributed by atoms with Crippen LogP contribution in [0.5, 0.6) is 0 Å². The van der Waals surface area contributed by atoms with Gasteiger partial charge in [0.15, 0.2) is 0 Å². The van der Waals surface area contributed by atoms with E-state index in [1.54, 1.807) is 0 Å². The number of rotatable bonds is 3. The first kappa shape index (κ1) is 12.3. The largest absolute Gasteiger partial charge is 0.481 e. The molecule has 0 rings (SSSR count). The number of carboxylic acids is 1. The summed E-state index contributed by atoms with van der Waals surface area (Å²) in [6.45, 7) is 0. The molecule has 0 aromatic heterocycles. The van der Waals surface area contributed by atoms with Crippen LogP contribution in [0.2, 0.25) is 0 Å². The first-order valence-electron chi connectivity index (χ1n) is 2.29. The lowest BCUT2D eigenvalue weighted by Crippen LogP contribution is -2.31. The van der Waals surface area contributed by atoms with Crippen LogP contribution in [0, 0.1) is 0 Å². The molecule has 0 aliphatic carbocycles. The van der Waals surface area contributed by atoms with E-state index in [1.807, 2.05) is 0 Å². The molecule has 0 fully saturated rings. The van der Waals surface area contributed by atoms with Gasteiger partial charge in [0.1, 0.15) is 0 Å². The van der Waals surface area contributed by atoms with Crippen LogP contribution in [0.1, 0.15) is 6.42 Å². The van der Waals surface area contributed by atoms with Crippen molar-refractivity contribution in [2.45, 2.75) is 18.9 Å². The maximum atomic E-state index is 11.4. The molecule has 3 N–H and O–H groups in total. The molecule has 0 radical (unpaired) electrons. The van der Waals surface area contributed by atoms with E-state index in [4.69, 9.17) is 5.11 Å². The molecule has 6 heteroatoms. The quantitative estimate of drug-likeness (QED) is 0.656. The van der Waals surface area contributed by atoms with Crippen molar-refractivity contribution in [3.63, 3.8) is 0 Å². The van der Waals surface area contributed by atoms with Gasteiger partial charge in [-0.05, 0) is 0 Å². The number of carbonyl (C=O) groups is 1. The summed E-state index contributed by atoms with van der Waals surface area (Å²) in [5.74, 6) is -1.30. The predicted octanol–water partition coefficient (Wildman–Crippen LogP) is 0.475. The first-order chi connectivity index (χ1) is 4.04. The average Bonchev–Trinajstić information content (AvgIpc) is 1.63. The van der Waals surface area contributed by atoms with E-state index < -0.39 is 24.9 Å². The molecule has 62 valence electrons. The molecule has 0 aliphatic rings. The van der Waals surface area contributed by atoms with Gasteiger partial charge in [-0.1, -0.05) is 0 Å². The summed E-state index contributed by atoms with van der Waals surface area (Å²) in [6, 6.07) is -1.54. The maximum absolute atomic E-state index is 11.4. The van der Waals surface area contributed by atoms with Gasteiger partial charge in [-0.3, -0.25) is 4.79 Å². The summed E-state index contributed by atoms with van der Waals surface area (Å²) in [7, 11) is 0. The zero-order valence-electron chi connectivity index (χ0n) is 4.96. The van der Waals surface area contributed by atoms with Crippen LogP contribution in [0.3, 0.4) is 0 Å². The third kappa shape index (κ3) is 5.71. The molecule has 0 amide bonds. The number of hydrogen-bond acceptors (Lipinski definition) is 2. The van der Waals surface area contributed by atoms with Crippen LogP contribution in [0.15, 0.2) is 0 Å². The standard InChI is InChI=1S/C4H7F2NO2.ClH/c5-4(6)2(7)1-3(8)9;/h2,4H,1,7H2,(H,8,9);1H/t2-;/m0./s1. The van der Waals surface area contributed by atoms with Crippen molar-refractivity contribution < 1.29 is 18.7 Å². The van der Waals surface area contributed by atoms with E-state index in [0.29, 0.717) is 0 Å². The van der Waals surface area contributed by atoms with Crippen molar-refractivity contribution in [2.75, 3.05) is 0 Å². The predicted molar refractivity (Wildman–Crippen MR) is 33.5 cm³/mol. The number of nitrogens with two attached hydrogens (primary N) is 1. The molecular formula is C4H8ClF2NO2. The lowest BCUT2D eigenvalue weighted by molar-refractivity contribution is -0.138. The van der Waals surface area contributed by atoms with Crippen LogP contribution in [-0.2, 0) is 4.79 Å². The van der Waals surface area contributed by atoms with Crippen molar-refractivity contribution in [3.8, 4) is 0 Å². The third-order valence-corrected chi connectivity index (χ3v) is 0.734. The SMILES string of the molecule is Cl.N[C@@H](CC(=O)O)C(F)F. The highest BCUT2D eigenvalue weighted by atomic mass is 35.5. The molecule has 0 heterocycles. The second-order valence-corrected chi connectivity index (χ2v) is 1.60. The second-order valence-electron chi connectivity index (χ2n) is 1.60. The Morgan fingerprint density at radius 2 is 2.00 bits per heavy atom. The number of aliphatic carboxylic acids is 1. The molecule has 0 unspecified atom stereocenters. The Labute approximate surface area is 62.6 Å². The number of halogens is 3. The van der Waals surface area contributed by atoms with Gasteiger partial charge in [0.25, 0.3) is 6.43 Å². The highest BCUT2D eigenvalue weighted by Gasteiger charge is 2.17. The van der Waals surface area contributed by atoms with Crippen LogP contribution >= 0.6 is 12.4 Å². The molecule has 3 nitrogen and oxygen atoms in total. The summed E-state index contributed by atoms with van der Waals surface area (Å²) >= 11 is 0. The van der Waals surface area contributed by atoms with E-state index in [2.05, 4.69) is 5.73 Å². The molecular weight excluding hydrogens is 167 g/mol. The van der Waals surface area contributed by atoms with Gasteiger partial charge in [0.2, 0.25) is 0 Å². The smallest absolute Gasteiger partial charge is 0.305 e. The number of hydrogen-bond donors (Lipinski definition) is 2. The van der Waals surface area contributed by atoms with Crippen molar-refractivity contribution in [1.82, 2.24) is 0 Å². The van der Waals surface area contributed by atoms with Gasteiger partial charge in [0, 0.05) is 0 Å². The zero-order chi connectivity index (χ0) is 7.44. The normalized spacial score (nSPS) is 12.4. The average molecular weight is 176 g/mol. The molecule has 0 saturated carbocycles. The van der Waals surface area contributed by atoms with Gasteiger partial charge >= 0.3 is 5.97 Å². The van der Waals surface area contributed by atoms with Crippen molar-refractivity contribution >= 4 is 18.4 Å². The Kier molecular flexibility index (Phi) is 6.59. The van der Waals surface area contributed by atoms with Gasteiger partial charge < -0.3 is 10.8 Å². The molecule has 0 bridgehead atoms. The van der Waals surface area contributed by atoms with Crippen LogP contribution in [0.4, 0.5) is 8.78 Å². The lowest BCUT2D eigenvalue weighted by atomic mass is 10.2. The van der Waals surface area contributed by atoms with Crippen LogP contribution in [0.25, 0.3) is 0 Å². The molecule has 10 heavy (non-hydrogen) atoms. The third-order valence-electron chi connectivity index (χ3n) is 0.734. The first-order valence-corrected chi connectivity index (χ1v) is 2.29. The maximum Gasteiger partial charge on any atom is 0.305 e. The molecule has 1 atom stereocenters. The van der Waals surface area contributed by atoms with Crippen molar-refractivity contribution in [1.29, 1.82) is 0 Å². The molecule has 0 spiro atoms. The lowest BCUT2D eigenvalue weighted by Gasteiger charge is -2.04. The Hall–Kier alpha value is -0.420. The minimum absolute atomic E-state index is 0. The molecule has 0 aromatic carbocycles. The fraction of sp³-hybridized carbons (Fsp3) is 0.750. The van der Waals surface area contributed by atoms with Gasteiger partial charge in [-0.25, -0.2) is 8.78 Å². The fourth-order valence-electron chi connectivity index (χ4n) is 0.291. The molecule has 0 aromatic rings. The summed E-state index contributed by atoms with van der Waals surface area (Å²) in [4.78, 5) is 9.70. The summed E-state index contributed by atoms with van der Waals surface area (Å²) in [5.41, 5.74) is 4.69. The van der Waals surface area contributed by atoms with E-state index in [-0.39, 0.29) is 12.4 Å². The number of carboxylic acid groups (broad SMARTS) is 1. The van der Waals surface area contributed by atoms with Gasteiger partial charge in [-0.2, -0.15) is 0 Å². The monoisotopic (exact) mass is 175 g/mol. The second kappa shape index (κ2) is 5.37. The van der Waals surface area contributed by atoms with E-state index in [1.165, 1.54) is 0 Å². The zero-order valence-corrected chi connectivity index (χ0v) is 5.78. The minimum atomic E-state index is -2.75. The molecule has 0 aliphatic heterocycles. The van der Waals surface area contributed by atoms with Crippen molar-refractivity contribution in [3.05, 3.63) is 0 Å². The fourth-order valence-corrected chi connectivity index (χ4v) is 0.291. The Morgan fingerprint density at radius 1 is 1.60 bits per heavy atom. The van der Waals surface area contributed by atoms with E-state index >= 15 is 0 Å². The summed E-state index contributed by atoms with van der Waals surface area (Å²) < 4.78 is 22.8. The summed E-state index contributed by atoms with van der Waals surface area (Å²) in [6.07, 6.45) is -3.43. The van der Waals surface area contributed by atoms with Crippen LogP contribution < -0.4 is 5.73 Å². The Balaban J connectivity index is 0. The Bertz CT molecular complexity index is 111. The van der Waals surface area contributed by atoms with Gasteiger partial charge in [0.05, 0.1) is 12.5 Å². The molecule has 0 saturated heterocycles. The summed E-state index contributed by atoms with van der Waals surface area (Å²) in [5, 5.41) is 7.92. The minimum Gasteiger partial charge on any atom is -0.481 e. The highest BCUT2D eigenvalue weighted by Crippen LogP contribution is 2.00. The van der Waals surface area contributed by atoms with Crippen molar-refractivity contribution in [2.24, 2.45) is 5.73 Å². The number of alkyl halides is 2. The topological polar surface area (TPSA) is 63.3 Å². The highest BCUT2D eigenvalue weighted by molar-refractivity contribution is 5.85. The van der Waals surface area contributed by atoms with Gasteiger partial charge in [-0.15, -0.1) is 12.4 Å². The van der Waals surface area contributed by atoms with E-state index in [9.17, 15) is 13.6 Å².